The van der Waals surface area contributed by atoms with Crippen molar-refractivity contribution in [2.24, 2.45) is 0 Å². The molecule has 1 amide bonds. The van der Waals surface area contributed by atoms with Gasteiger partial charge in [-0.2, -0.15) is 10.2 Å². The van der Waals surface area contributed by atoms with E-state index in [2.05, 4.69) is 25.6 Å². The fraction of sp³-hybridized carbons (Fsp3) is 0.107. The highest BCUT2D eigenvalue weighted by molar-refractivity contribution is 6.12. The van der Waals surface area contributed by atoms with Crippen LogP contribution in [-0.2, 0) is 6.54 Å². The topological polar surface area (TPSA) is 106 Å². The number of hydrogen-bond donors (Lipinski definition) is 2. The average Bonchev–Trinajstić information content (AvgIpc) is 3.50. The van der Waals surface area contributed by atoms with E-state index >= 15 is 0 Å². The molecule has 5 rings (SSSR count). The molecule has 0 spiro atoms. The van der Waals surface area contributed by atoms with Crippen molar-refractivity contribution >= 4 is 40.4 Å². The van der Waals surface area contributed by atoms with Crippen LogP contribution in [0.25, 0.3) is 23.1 Å². The SMILES string of the molecule is CCn1nc(C)cc1C(=O)Nc1cccc(C(=O)c2ccc3c(/C=C/c4ccccn4)n[nH]c3c2)c1. The van der Waals surface area contributed by atoms with Crippen LogP contribution in [0.4, 0.5) is 5.69 Å². The number of anilines is 1. The summed E-state index contributed by atoms with van der Waals surface area (Å²) in [5.41, 5.74) is 5.14. The predicted molar refractivity (Wildman–Crippen MR) is 140 cm³/mol. The third-order valence-electron chi connectivity index (χ3n) is 5.77. The summed E-state index contributed by atoms with van der Waals surface area (Å²) >= 11 is 0. The number of nitrogens with zero attached hydrogens (tertiary/aromatic N) is 4. The lowest BCUT2D eigenvalue weighted by Gasteiger charge is -2.08. The number of aromatic amines is 1. The molecule has 0 fully saturated rings. The Balaban J connectivity index is 1.35. The van der Waals surface area contributed by atoms with Gasteiger partial charge in [0.25, 0.3) is 5.91 Å². The van der Waals surface area contributed by atoms with Crippen LogP contribution in [0, 0.1) is 6.92 Å². The fourth-order valence-corrected chi connectivity index (χ4v) is 4.02. The van der Waals surface area contributed by atoms with Gasteiger partial charge in [0.1, 0.15) is 5.69 Å². The van der Waals surface area contributed by atoms with Crippen LogP contribution >= 0.6 is 0 Å². The Labute approximate surface area is 207 Å². The van der Waals surface area contributed by atoms with Crippen LogP contribution in [0.1, 0.15) is 50.4 Å². The summed E-state index contributed by atoms with van der Waals surface area (Å²) in [4.78, 5) is 30.3. The number of amides is 1. The third-order valence-corrected chi connectivity index (χ3v) is 5.77. The average molecular weight is 477 g/mol. The number of carbonyl (C=O) groups excluding carboxylic acids is 2. The molecule has 2 N–H and O–H groups in total. The summed E-state index contributed by atoms with van der Waals surface area (Å²) in [7, 11) is 0. The van der Waals surface area contributed by atoms with Crippen molar-refractivity contribution in [2.45, 2.75) is 20.4 Å². The van der Waals surface area contributed by atoms with E-state index in [1.807, 2.05) is 50.3 Å². The minimum absolute atomic E-state index is 0.150. The van der Waals surface area contributed by atoms with Gasteiger partial charge in [-0.15, -0.1) is 0 Å². The molecule has 0 aliphatic carbocycles. The minimum Gasteiger partial charge on any atom is -0.321 e. The van der Waals surface area contributed by atoms with Crippen LogP contribution in [0.5, 0.6) is 0 Å². The van der Waals surface area contributed by atoms with Crippen LogP contribution in [-0.4, -0.2) is 36.7 Å². The van der Waals surface area contributed by atoms with E-state index in [0.717, 1.165) is 28.0 Å². The summed E-state index contributed by atoms with van der Waals surface area (Å²) in [6.45, 7) is 4.36. The van der Waals surface area contributed by atoms with Gasteiger partial charge >= 0.3 is 0 Å². The molecule has 2 aromatic carbocycles. The maximum absolute atomic E-state index is 13.2. The van der Waals surface area contributed by atoms with Crippen molar-refractivity contribution in [2.75, 3.05) is 5.32 Å². The molecule has 178 valence electrons. The van der Waals surface area contributed by atoms with Crippen molar-refractivity contribution in [1.29, 1.82) is 0 Å². The molecular formula is C28H24N6O2. The zero-order chi connectivity index (χ0) is 25.1. The van der Waals surface area contributed by atoms with Gasteiger partial charge in [0.2, 0.25) is 0 Å². The smallest absolute Gasteiger partial charge is 0.273 e. The number of benzene rings is 2. The van der Waals surface area contributed by atoms with Gasteiger partial charge < -0.3 is 5.32 Å². The van der Waals surface area contributed by atoms with E-state index < -0.39 is 0 Å². The van der Waals surface area contributed by atoms with Crippen molar-refractivity contribution in [3.8, 4) is 0 Å². The van der Waals surface area contributed by atoms with E-state index in [0.29, 0.717) is 29.1 Å². The Bertz CT molecular complexity index is 1600. The summed E-state index contributed by atoms with van der Waals surface area (Å²) in [5, 5.41) is 15.5. The molecule has 8 heteroatoms. The van der Waals surface area contributed by atoms with Gasteiger partial charge in [-0.3, -0.25) is 24.4 Å². The highest BCUT2D eigenvalue weighted by atomic mass is 16.2. The zero-order valence-corrected chi connectivity index (χ0v) is 19.9. The Morgan fingerprint density at radius 1 is 1.00 bits per heavy atom. The second kappa shape index (κ2) is 9.79. The molecule has 0 saturated heterocycles. The van der Waals surface area contributed by atoms with E-state index in [1.54, 1.807) is 53.3 Å². The molecule has 0 atom stereocenters. The number of hydrogen-bond acceptors (Lipinski definition) is 5. The van der Waals surface area contributed by atoms with Gasteiger partial charge in [0, 0.05) is 34.9 Å². The molecule has 8 nitrogen and oxygen atoms in total. The maximum atomic E-state index is 13.2. The van der Waals surface area contributed by atoms with Crippen LogP contribution in [0.3, 0.4) is 0 Å². The van der Waals surface area contributed by atoms with Crippen molar-refractivity contribution in [1.82, 2.24) is 25.0 Å². The van der Waals surface area contributed by atoms with Crippen molar-refractivity contribution in [3.05, 3.63) is 107 Å². The van der Waals surface area contributed by atoms with Gasteiger partial charge in [0.15, 0.2) is 5.78 Å². The number of nitrogens with one attached hydrogen (secondary N) is 2. The lowest BCUT2D eigenvalue weighted by atomic mass is 10.0. The molecule has 0 bridgehead atoms. The summed E-state index contributed by atoms with van der Waals surface area (Å²) in [6, 6.07) is 19.8. The first-order valence-electron chi connectivity index (χ1n) is 11.6. The highest BCUT2D eigenvalue weighted by Gasteiger charge is 2.16. The Morgan fingerprint density at radius 2 is 1.86 bits per heavy atom. The third kappa shape index (κ3) is 4.69. The lowest BCUT2D eigenvalue weighted by Crippen LogP contribution is -2.17. The molecular weight excluding hydrogens is 452 g/mol. The van der Waals surface area contributed by atoms with E-state index in [4.69, 9.17) is 0 Å². The van der Waals surface area contributed by atoms with E-state index in [-0.39, 0.29) is 11.7 Å². The number of rotatable bonds is 7. The van der Waals surface area contributed by atoms with Crippen molar-refractivity contribution in [3.63, 3.8) is 0 Å². The molecule has 0 aliphatic rings. The number of aromatic nitrogens is 5. The Kier molecular flexibility index (Phi) is 6.23. The van der Waals surface area contributed by atoms with Gasteiger partial charge in [-0.25, -0.2) is 0 Å². The van der Waals surface area contributed by atoms with Gasteiger partial charge in [-0.05, 0) is 68.5 Å². The van der Waals surface area contributed by atoms with Gasteiger partial charge in [0.05, 0.1) is 22.6 Å². The zero-order valence-electron chi connectivity index (χ0n) is 19.9. The van der Waals surface area contributed by atoms with E-state index in [9.17, 15) is 9.59 Å². The summed E-state index contributed by atoms with van der Waals surface area (Å²) in [6.07, 6.45) is 5.52. The molecule has 0 saturated carbocycles. The van der Waals surface area contributed by atoms with Crippen LogP contribution in [0.15, 0.2) is 72.9 Å². The number of aryl methyl sites for hydroxylation is 2. The number of H-pyrrole nitrogens is 1. The second-order valence-corrected chi connectivity index (χ2v) is 8.31. The largest absolute Gasteiger partial charge is 0.321 e. The number of pyridine rings is 1. The quantitative estimate of drug-likeness (QED) is 0.317. The maximum Gasteiger partial charge on any atom is 0.273 e. The first-order chi connectivity index (χ1) is 17.5. The monoisotopic (exact) mass is 476 g/mol. The number of carbonyl (C=O) groups is 2. The minimum atomic E-state index is -0.271. The summed E-state index contributed by atoms with van der Waals surface area (Å²) in [5.74, 6) is -0.421. The van der Waals surface area contributed by atoms with Gasteiger partial charge in [-0.1, -0.05) is 24.3 Å². The first kappa shape index (κ1) is 22.9. The molecule has 0 aliphatic heterocycles. The molecule has 3 heterocycles. The highest BCUT2D eigenvalue weighted by Crippen LogP contribution is 2.22. The van der Waals surface area contributed by atoms with Crippen LogP contribution < -0.4 is 5.32 Å². The molecule has 3 aromatic heterocycles. The second-order valence-electron chi connectivity index (χ2n) is 8.31. The summed E-state index contributed by atoms with van der Waals surface area (Å²) < 4.78 is 1.65. The Hall–Kier alpha value is -4.85. The van der Waals surface area contributed by atoms with Crippen molar-refractivity contribution < 1.29 is 9.59 Å². The normalized spacial score (nSPS) is 11.3. The number of ketones is 1. The number of fused-ring (bicyclic) bond motifs is 1. The standard InChI is InChI=1S/C28H24N6O2/c1-3-34-26(15-18(2)33-34)28(36)30-22-9-6-7-19(16-22)27(35)20-10-12-23-24(31-32-25(23)17-20)13-11-21-8-4-5-14-29-21/h4-17H,3H2,1-2H3,(H,30,36)(H,31,32)/b13-11+. The molecule has 5 aromatic rings. The first-order valence-corrected chi connectivity index (χ1v) is 11.6. The molecule has 36 heavy (non-hydrogen) atoms. The lowest BCUT2D eigenvalue weighted by molar-refractivity contribution is 0.101. The molecule has 0 radical (unpaired) electrons. The van der Waals surface area contributed by atoms with Crippen LogP contribution in [0.2, 0.25) is 0 Å². The Morgan fingerprint density at radius 3 is 2.67 bits per heavy atom. The molecule has 0 unspecified atom stereocenters. The van der Waals surface area contributed by atoms with E-state index in [1.165, 1.54) is 0 Å². The predicted octanol–water partition coefficient (Wildman–Crippen LogP) is 5.14. The fourth-order valence-electron chi connectivity index (χ4n) is 4.02.